The zero-order chi connectivity index (χ0) is 29.7. The fourth-order valence-electron chi connectivity index (χ4n) is 5.07. The van der Waals surface area contributed by atoms with Gasteiger partial charge in [0.25, 0.3) is 5.91 Å². The number of amides is 3. The minimum absolute atomic E-state index is 0.0196. The lowest BCUT2D eigenvalue weighted by molar-refractivity contribution is -0.131. The van der Waals surface area contributed by atoms with E-state index in [1.165, 1.54) is 11.0 Å². The predicted octanol–water partition coefficient (Wildman–Crippen LogP) is 3.31. The molecule has 3 aliphatic rings. The third-order valence-corrected chi connectivity index (χ3v) is 9.59. The van der Waals surface area contributed by atoms with Crippen LogP contribution in [0.25, 0.3) is 10.8 Å². The van der Waals surface area contributed by atoms with E-state index >= 15 is 0 Å². The SMILES string of the molecule is C=C[C@@H]1C[C@]1(NC(=O)C1C[C@@H](Oc2nccc3c(Cl)cccc23)CN1C(=O)OC(C)(C)C)C(=O)NS(=O)(=O)C1CC1. The van der Waals surface area contributed by atoms with Crippen LogP contribution >= 0.6 is 11.6 Å². The molecule has 1 aliphatic heterocycles. The molecule has 220 valence electrons. The Labute approximate surface area is 243 Å². The van der Waals surface area contributed by atoms with Gasteiger partial charge in [-0.3, -0.25) is 19.2 Å². The molecule has 2 aliphatic carbocycles. The number of ether oxygens (including phenoxy) is 2. The Morgan fingerprint density at radius 2 is 1.93 bits per heavy atom. The molecule has 3 amide bonds. The first kappa shape index (κ1) is 29.1. The predicted molar refractivity (Wildman–Crippen MR) is 152 cm³/mol. The lowest BCUT2D eigenvalue weighted by Crippen LogP contribution is -2.56. The van der Waals surface area contributed by atoms with E-state index < -0.39 is 62.4 Å². The average molecular weight is 605 g/mol. The number of sulfonamides is 1. The maximum absolute atomic E-state index is 13.7. The van der Waals surface area contributed by atoms with Crippen molar-refractivity contribution in [3.05, 3.63) is 48.1 Å². The Morgan fingerprint density at radius 1 is 1.20 bits per heavy atom. The second-order valence-electron chi connectivity index (χ2n) is 11.8. The van der Waals surface area contributed by atoms with E-state index in [0.717, 1.165) is 5.39 Å². The minimum Gasteiger partial charge on any atom is -0.472 e. The summed E-state index contributed by atoms with van der Waals surface area (Å²) in [5.41, 5.74) is -2.30. The van der Waals surface area contributed by atoms with Crippen LogP contribution < -0.4 is 14.8 Å². The second-order valence-corrected chi connectivity index (χ2v) is 14.1. The highest BCUT2D eigenvalue weighted by Crippen LogP contribution is 2.45. The molecule has 4 atom stereocenters. The maximum Gasteiger partial charge on any atom is 0.411 e. The van der Waals surface area contributed by atoms with E-state index in [4.69, 9.17) is 21.1 Å². The number of fused-ring (bicyclic) bond motifs is 1. The largest absolute Gasteiger partial charge is 0.472 e. The number of halogens is 1. The van der Waals surface area contributed by atoms with Crippen molar-refractivity contribution in [3.63, 3.8) is 0 Å². The van der Waals surface area contributed by atoms with Crippen LogP contribution in [-0.2, 0) is 24.3 Å². The summed E-state index contributed by atoms with van der Waals surface area (Å²) in [5, 5.41) is 4.08. The number of pyridine rings is 1. The summed E-state index contributed by atoms with van der Waals surface area (Å²) in [5.74, 6) is -1.60. The van der Waals surface area contributed by atoms with Crippen LogP contribution in [0.5, 0.6) is 5.88 Å². The van der Waals surface area contributed by atoms with Crippen LogP contribution in [0.4, 0.5) is 4.79 Å². The Morgan fingerprint density at radius 3 is 2.56 bits per heavy atom. The average Bonchev–Trinajstić information content (AvgIpc) is 3.80. The molecule has 3 fully saturated rings. The zero-order valence-electron chi connectivity index (χ0n) is 23.1. The van der Waals surface area contributed by atoms with Gasteiger partial charge in [0.15, 0.2) is 0 Å². The molecule has 2 saturated carbocycles. The van der Waals surface area contributed by atoms with Crippen LogP contribution in [-0.4, -0.2) is 71.3 Å². The molecule has 2 heterocycles. The molecule has 5 rings (SSSR count). The molecule has 2 aromatic rings. The molecular weight excluding hydrogens is 572 g/mol. The van der Waals surface area contributed by atoms with Crippen LogP contribution in [0.2, 0.25) is 5.02 Å². The molecule has 1 aromatic heterocycles. The monoisotopic (exact) mass is 604 g/mol. The van der Waals surface area contributed by atoms with Crippen molar-refractivity contribution >= 4 is 50.3 Å². The Kier molecular flexibility index (Phi) is 7.44. The van der Waals surface area contributed by atoms with E-state index in [1.807, 2.05) is 6.07 Å². The summed E-state index contributed by atoms with van der Waals surface area (Å²) in [6.45, 7) is 8.88. The van der Waals surface area contributed by atoms with Crippen LogP contribution in [0.15, 0.2) is 43.1 Å². The Bertz CT molecular complexity index is 1520. The van der Waals surface area contributed by atoms with Crippen molar-refractivity contribution in [1.29, 1.82) is 0 Å². The lowest BCUT2D eigenvalue weighted by atomic mass is 10.1. The highest BCUT2D eigenvalue weighted by Gasteiger charge is 2.62. The van der Waals surface area contributed by atoms with Gasteiger partial charge in [-0.2, -0.15) is 0 Å². The van der Waals surface area contributed by atoms with E-state index in [0.29, 0.717) is 29.1 Å². The highest BCUT2D eigenvalue weighted by atomic mass is 35.5. The molecule has 1 saturated heterocycles. The van der Waals surface area contributed by atoms with Gasteiger partial charge in [0.1, 0.15) is 23.3 Å². The summed E-state index contributed by atoms with van der Waals surface area (Å²) in [4.78, 5) is 45.7. The van der Waals surface area contributed by atoms with E-state index in [9.17, 15) is 22.8 Å². The molecule has 1 unspecified atom stereocenters. The summed E-state index contributed by atoms with van der Waals surface area (Å²) >= 11 is 6.33. The normalized spacial score (nSPS) is 25.9. The minimum atomic E-state index is -3.83. The van der Waals surface area contributed by atoms with Gasteiger partial charge in [-0.05, 0) is 58.2 Å². The van der Waals surface area contributed by atoms with Crippen molar-refractivity contribution in [1.82, 2.24) is 19.9 Å². The van der Waals surface area contributed by atoms with E-state index in [2.05, 4.69) is 21.6 Å². The third-order valence-electron chi connectivity index (χ3n) is 7.44. The van der Waals surface area contributed by atoms with E-state index in [1.54, 1.807) is 45.2 Å². The first-order valence-corrected chi connectivity index (χ1v) is 15.4. The molecule has 2 N–H and O–H groups in total. The second kappa shape index (κ2) is 10.5. The van der Waals surface area contributed by atoms with Gasteiger partial charge >= 0.3 is 6.09 Å². The number of hydrogen-bond donors (Lipinski definition) is 2. The van der Waals surface area contributed by atoms with Gasteiger partial charge in [-0.15, -0.1) is 6.58 Å². The standard InChI is InChI=1S/C28H33ClN4O7S/c1-5-16-14-28(16,25(35)32-41(37,38)18-9-10-18)31-23(34)22-13-17(15-33(22)26(36)40-27(2,3)4)39-24-20-7-6-8-21(29)19(20)11-12-30-24/h5-8,11-12,16-18,22H,1,9-10,13-15H2,2-4H3,(H,31,34)(H,32,35)/t16-,17-,22?,28-/m1/s1. The van der Waals surface area contributed by atoms with Gasteiger partial charge < -0.3 is 14.8 Å². The van der Waals surface area contributed by atoms with Crippen molar-refractivity contribution in [3.8, 4) is 5.88 Å². The quantitative estimate of drug-likeness (QED) is 0.437. The van der Waals surface area contributed by atoms with Gasteiger partial charge in [0, 0.05) is 34.3 Å². The van der Waals surface area contributed by atoms with E-state index in [-0.39, 0.29) is 19.4 Å². The van der Waals surface area contributed by atoms with Gasteiger partial charge in [-0.1, -0.05) is 23.7 Å². The number of likely N-dealkylation sites (tertiary alicyclic amines) is 1. The molecular formula is C28H33ClN4O7S. The summed E-state index contributed by atoms with van der Waals surface area (Å²) in [6, 6.07) is 6.06. The summed E-state index contributed by atoms with van der Waals surface area (Å²) in [7, 11) is -3.83. The van der Waals surface area contributed by atoms with Crippen molar-refractivity contribution in [2.45, 2.75) is 75.0 Å². The number of benzene rings is 1. The van der Waals surface area contributed by atoms with Crippen molar-refractivity contribution < 1.29 is 32.3 Å². The van der Waals surface area contributed by atoms with Crippen LogP contribution in [0.3, 0.4) is 0 Å². The lowest BCUT2D eigenvalue weighted by Gasteiger charge is -2.29. The number of hydrogen-bond acceptors (Lipinski definition) is 8. The van der Waals surface area contributed by atoms with Crippen LogP contribution in [0.1, 0.15) is 46.5 Å². The van der Waals surface area contributed by atoms with Crippen molar-refractivity contribution in [2.24, 2.45) is 5.92 Å². The molecule has 0 spiro atoms. The summed E-state index contributed by atoms with van der Waals surface area (Å²) < 4.78 is 38.8. The first-order chi connectivity index (χ1) is 19.2. The maximum atomic E-state index is 13.7. The van der Waals surface area contributed by atoms with Gasteiger partial charge in [0.05, 0.1) is 11.8 Å². The Hall–Kier alpha value is -3.38. The highest BCUT2D eigenvalue weighted by molar-refractivity contribution is 7.91. The first-order valence-electron chi connectivity index (χ1n) is 13.4. The number of carbonyl (C=O) groups is 3. The fraction of sp³-hybridized carbons (Fsp3) is 0.500. The number of nitrogens with zero attached hydrogens (tertiary/aromatic N) is 2. The molecule has 41 heavy (non-hydrogen) atoms. The summed E-state index contributed by atoms with van der Waals surface area (Å²) in [6.07, 6.45) is 2.96. The fourth-order valence-corrected chi connectivity index (χ4v) is 6.67. The molecule has 13 heteroatoms. The topological polar surface area (TPSA) is 144 Å². The number of aromatic nitrogens is 1. The zero-order valence-corrected chi connectivity index (χ0v) is 24.6. The number of rotatable bonds is 8. The molecule has 0 radical (unpaired) electrons. The van der Waals surface area contributed by atoms with Crippen molar-refractivity contribution in [2.75, 3.05) is 6.54 Å². The molecule has 0 bridgehead atoms. The smallest absolute Gasteiger partial charge is 0.411 e. The van der Waals surface area contributed by atoms with Gasteiger partial charge in [0.2, 0.25) is 21.8 Å². The molecule has 1 aromatic carbocycles. The Balaban J connectivity index is 1.38. The van der Waals surface area contributed by atoms with Gasteiger partial charge in [-0.25, -0.2) is 18.2 Å². The third kappa shape index (κ3) is 5.99. The van der Waals surface area contributed by atoms with Crippen LogP contribution in [0, 0.1) is 5.92 Å². The number of nitrogens with one attached hydrogen (secondary N) is 2. The number of carbonyl (C=O) groups excluding carboxylic acids is 3. The molecule has 11 nitrogen and oxygen atoms in total.